The monoisotopic (exact) mass is 1990 g/mol. The van der Waals surface area contributed by atoms with E-state index in [1.165, 1.54) is 110 Å². The molecule has 0 unspecified atom stereocenters. The highest BCUT2D eigenvalue weighted by molar-refractivity contribution is 7.17. The molecule has 0 atom stereocenters. The third kappa shape index (κ3) is 22.6. The van der Waals surface area contributed by atoms with Crippen molar-refractivity contribution in [2.75, 3.05) is 0 Å². The Hall–Kier alpha value is -15.4. The first-order valence-electron chi connectivity index (χ1n) is 40.8. The van der Waals surface area contributed by atoms with Crippen LogP contribution in [-0.2, 0) is 13.2 Å². The van der Waals surface area contributed by atoms with E-state index < -0.39 is 86.1 Å². The summed E-state index contributed by atoms with van der Waals surface area (Å²) in [6, 6.07) is 39.5. The van der Waals surface area contributed by atoms with Crippen LogP contribution in [0.1, 0.15) is 113 Å². The van der Waals surface area contributed by atoms with E-state index in [9.17, 15) is 89.5 Å². The van der Waals surface area contributed by atoms with Gasteiger partial charge in [-0.1, -0.05) is 83.9 Å². The second-order valence-corrected chi connectivity index (χ2v) is 35.7. The molecule has 19 aromatic rings. The minimum absolute atomic E-state index is 0.00910. The van der Waals surface area contributed by atoms with Gasteiger partial charge in [-0.25, -0.2) is 60.0 Å². The van der Waals surface area contributed by atoms with Gasteiger partial charge in [0.2, 0.25) is 0 Å². The maximum atomic E-state index is 13.4. The quantitative estimate of drug-likeness (QED) is 0.0198. The van der Waals surface area contributed by atoms with Crippen LogP contribution in [0, 0.1) is 94.5 Å². The van der Waals surface area contributed by atoms with Gasteiger partial charge in [0, 0.05) is 149 Å². The number of nitro groups is 2. The molecular formula is C100H66Cl2F8N12O11S5. The largest absolute Gasteiger partial charge is 0.392 e. The number of halogens is 10. The molecule has 10 aromatic heterocycles. The number of aliphatic hydroxyl groups is 2. The number of aryl methyl sites for hydroxylation is 4. The Morgan fingerprint density at radius 2 is 0.696 bits per heavy atom. The van der Waals surface area contributed by atoms with Gasteiger partial charge < -0.3 is 10.2 Å². The fourth-order valence-electron chi connectivity index (χ4n) is 14.1. The van der Waals surface area contributed by atoms with Crippen LogP contribution in [0.3, 0.4) is 0 Å². The molecular weight excluding hydrogens is 1930 g/mol. The summed E-state index contributed by atoms with van der Waals surface area (Å²) < 4.78 is 116. The van der Waals surface area contributed by atoms with Crippen LogP contribution < -0.4 is 0 Å². The number of hydrogen-bond donors (Lipinski definition) is 2. The third-order valence-corrected chi connectivity index (χ3v) is 25.4. The molecule has 0 amide bonds. The number of nitro benzene ring substituents is 2. The van der Waals surface area contributed by atoms with E-state index in [1.807, 2.05) is 106 Å². The first-order chi connectivity index (χ1) is 66.2. The summed E-state index contributed by atoms with van der Waals surface area (Å²) >= 11 is 19.1. The van der Waals surface area contributed by atoms with Crippen LogP contribution in [0.25, 0.3) is 100 Å². The molecule has 38 heteroatoms. The summed E-state index contributed by atoms with van der Waals surface area (Å²) in [4.78, 5) is 111. The SMILES string of the molecule is Cc1cn2c(/C=C/C(=O)c3ccc(C)c(C)c3)c(C)nc2s1.O=C(/C=C/c1c(-c2ccc(CO)c([N+](=O)[O-])c2)nc2sccn12)c1cc(F)cc(F)c1.O=C(/C=C/c1c(-c2ccc(CO)cc2)nc2sccn12)c1cc(F)cc(F)c1.O=C(/C=C/c1c(-c2ccc(Cl)c([N+](=O)[O-])c2)nc2sccn12)c1cc(F)cc(F)c1.O=C(/C=C/c1c(-c2ccc(Cl)cc2)nc2sccn12)c1cc(F)cc(F)c1. The number of carbonyl (C=O) groups excluding carboxylic acids is 5. The van der Waals surface area contributed by atoms with Crippen LogP contribution in [0.15, 0.2) is 259 Å². The zero-order chi connectivity index (χ0) is 98.0. The molecule has 23 nitrogen and oxygen atoms in total. The van der Waals surface area contributed by atoms with Crippen LogP contribution >= 0.6 is 79.9 Å². The molecule has 0 saturated heterocycles. The maximum absolute atomic E-state index is 13.4. The van der Waals surface area contributed by atoms with E-state index in [4.69, 9.17) is 23.2 Å². The number of imidazole rings is 5. The summed E-state index contributed by atoms with van der Waals surface area (Å²) in [5.41, 5.74) is 12.0. The van der Waals surface area contributed by atoms with E-state index in [2.05, 4.69) is 38.0 Å². The molecule has 0 spiro atoms. The van der Waals surface area contributed by atoms with Crippen molar-refractivity contribution in [3.8, 4) is 45.0 Å². The molecule has 10 heterocycles. The summed E-state index contributed by atoms with van der Waals surface area (Å²) in [6.07, 6.45) is 23.7. The van der Waals surface area contributed by atoms with Crippen molar-refractivity contribution in [2.45, 2.75) is 40.9 Å². The summed E-state index contributed by atoms with van der Waals surface area (Å²) in [7, 11) is 0. The number of rotatable bonds is 23. The van der Waals surface area contributed by atoms with Crippen molar-refractivity contribution in [2.24, 2.45) is 0 Å². The number of carbonyl (C=O) groups is 5. The molecule has 692 valence electrons. The highest BCUT2D eigenvalue weighted by atomic mass is 35.5. The van der Waals surface area contributed by atoms with E-state index in [0.29, 0.717) is 83.8 Å². The highest BCUT2D eigenvalue weighted by Gasteiger charge is 2.25. The Bertz CT molecular complexity index is 8080. The van der Waals surface area contributed by atoms with E-state index in [1.54, 1.807) is 97.9 Å². The Morgan fingerprint density at radius 1 is 0.362 bits per heavy atom. The van der Waals surface area contributed by atoms with Crippen LogP contribution in [0.2, 0.25) is 10.0 Å². The molecule has 9 aromatic carbocycles. The molecule has 0 bridgehead atoms. The number of aliphatic hydroxyl groups excluding tert-OH is 2. The summed E-state index contributed by atoms with van der Waals surface area (Å²) in [6.45, 7) is 7.56. The standard InChI is InChI=1S/C21H13F2N3O4S.C21H14F2N2O2S.C20H10ClF2N3O3S.C20H11ClF2N2OS.C18H18N2OS/c22-15-7-14(8-16(23)10-15)19(28)4-3-17-20(24-21-25(17)5-6-31-21)12-1-2-13(11-27)18(9-12)26(29)30;22-16-9-15(10-17(23)11-16)19(27)6-5-18-20(24-21-25(18)7-8-28-21)14-3-1-13(12-26)2-4-14;21-15-2-1-11(9-17(15)26(28)29)19-16(25-5-6-30-20(25)24-19)3-4-18(27)12-7-13(22)10-14(23)8-12;21-14-3-1-12(2-4-14)19-17(25-7-8-27-20(25)24-19)5-6-18(26)13-9-15(22)11-16(23)10-13;1-11-5-6-15(9-12(11)2)17(21)8-7-16-14(4)19-18-20(16)10-13(3)22-18/h1-10,27H,11H2;1-11,26H,12H2;1-10H;1-11H;5-10H,1-4H3/b4-3+;6-5+;4-3+;6-5+;8-7+. The third-order valence-electron chi connectivity index (χ3n) is 20.9. The first-order valence-corrected chi connectivity index (χ1v) is 45.9. The fraction of sp³-hybridized carbons (Fsp3) is 0.0600. The predicted molar refractivity (Wildman–Crippen MR) is 520 cm³/mol. The van der Waals surface area contributed by atoms with Crippen molar-refractivity contribution in [1.29, 1.82) is 0 Å². The molecule has 19 rings (SSSR count). The lowest BCUT2D eigenvalue weighted by atomic mass is 10.0. The average Bonchev–Trinajstić information content (AvgIpc) is 1.63. The molecule has 2 N–H and O–H groups in total. The molecule has 0 fully saturated rings. The molecule has 0 aliphatic heterocycles. The molecule has 0 aliphatic rings. The second kappa shape index (κ2) is 42.7. The van der Waals surface area contributed by atoms with Crippen LogP contribution in [0.4, 0.5) is 46.5 Å². The summed E-state index contributed by atoms with van der Waals surface area (Å²) in [5.74, 6) is -8.83. The number of hydrogen-bond acceptors (Lipinski definition) is 21. The number of allylic oxidation sites excluding steroid dienone is 5. The van der Waals surface area contributed by atoms with E-state index in [0.717, 1.165) is 121 Å². The van der Waals surface area contributed by atoms with Gasteiger partial charge >= 0.3 is 0 Å². The highest BCUT2D eigenvalue weighted by Crippen LogP contribution is 2.38. The van der Waals surface area contributed by atoms with Crippen molar-refractivity contribution >= 4 is 175 Å². The van der Waals surface area contributed by atoms with Crippen molar-refractivity contribution in [3.63, 3.8) is 0 Å². The van der Waals surface area contributed by atoms with Crippen LogP contribution in [0.5, 0.6) is 0 Å². The Balaban J connectivity index is 0.000000131. The van der Waals surface area contributed by atoms with E-state index >= 15 is 0 Å². The first kappa shape index (κ1) is 97.2. The number of aromatic nitrogens is 10. The van der Waals surface area contributed by atoms with E-state index in [-0.39, 0.29) is 56.6 Å². The lowest BCUT2D eigenvalue weighted by molar-refractivity contribution is -0.385. The van der Waals surface area contributed by atoms with Crippen LogP contribution in [-0.4, -0.2) is 95.9 Å². The van der Waals surface area contributed by atoms with Gasteiger partial charge in [-0.05, 0) is 184 Å². The lowest BCUT2D eigenvalue weighted by Gasteiger charge is -2.04. The minimum Gasteiger partial charge on any atom is -0.392 e. The Morgan fingerprint density at radius 3 is 1.05 bits per heavy atom. The number of thiazole rings is 5. The Kier molecular flexibility index (Phi) is 30.1. The molecule has 138 heavy (non-hydrogen) atoms. The maximum Gasteiger partial charge on any atom is 0.288 e. The summed E-state index contributed by atoms with van der Waals surface area (Å²) in [5, 5.41) is 49.0. The van der Waals surface area contributed by atoms with Gasteiger partial charge in [0.15, 0.2) is 53.7 Å². The van der Waals surface area contributed by atoms with Gasteiger partial charge in [-0.2, -0.15) is 0 Å². The lowest BCUT2D eigenvalue weighted by Crippen LogP contribution is -1.98. The minimum atomic E-state index is -0.863. The number of benzene rings is 9. The number of nitrogens with zero attached hydrogens (tertiary/aromatic N) is 12. The number of ketones is 5. The smallest absolute Gasteiger partial charge is 0.288 e. The zero-order valence-electron chi connectivity index (χ0n) is 71.9. The van der Waals surface area contributed by atoms with Gasteiger partial charge in [0.25, 0.3) is 11.4 Å². The van der Waals surface area contributed by atoms with Crippen molar-refractivity contribution in [1.82, 2.24) is 46.9 Å². The fourth-order valence-corrected chi connectivity index (χ4v) is 18.2. The van der Waals surface area contributed by atoms with Gasteiger partial charge in [-0.15, -0.1) is 56.7 Å². The topological polar surface area (TPSA) is 299 Å². The molecule has 0 aliphatic carbocycles. The second-order valence-electron chi connectivity index (χ2n) is 30.1. The van der Waals surface area contributed by atoms with Gasteiger partial charge in [0.1, 0.15) is 51.6 Å². The zero-order valence-corrected chi connectivity index (χ0v) is 77.5. The predicted octanol–water partition coefficient (Wildman–Crippen LogP) is 25.6. The molecule has 0 radical (unpaired) electrons. The van der Waals surface area contributed by atoms with Crippen molar-refractivity contribution in [3.05, 3.63) is 425 Å². The van der Waals surface area contributed by atoms with Gasteiger partial charge in [-0.3, -0.25) is 66.2 Å². The Labute approximate surface area is 806 Å². The normalized spacial score (nSPS) is 11.5. The number of fused-ring (bicyclic) bond motifs is 5. The van der Waals surface area contributed by atoms with Crippen molar-refractivity contribution < 1.29 is 79.2 Å². The van der Waals surface area contributed by atoms with Gasteiger partial charge in [0.05, 0.1) is 85.6 Å². The average molecular weight is 1990 g/mol. The molecule has 0 saturated carbocycles.